The van der Waals surface area contributed by atoms with Crippen LogP contribution in [-0.2, 0) is 6.54 Å². The number of ether oxygens (including phenoxy) is 3. The van der Waals surface area contributed by atoms with E-state index in [0.29, 0.717) is 48.1 Å². The smallest absolute Gasteiger partial charge is 0.323 e. The fraction of sp³-hybridized carbons (Fsp3) is 0.297. The van der Waals surface area contributed by atoms with Gasteiger partial charge in [0.25, 0.3) is 5.91 Å². The number of benzene rings is 4. The van der Waals surface area contributed by atoms with Gasteiger partial charge in [-0.15, -0.1) is 0 Å². The Balaban J connectivity index is 1.34. The Kier molecular flexibility index (Phi) is 11.0. The maximum Gasteiger partial charge on any atom is 0.323 e. The Hall–Kier alpha value is -5.06. The Morgan fingerprint density at radius 2 is 1.64 bits per heavy atom. The summed E-state index contributed by atoms with van der Waals surface area (Å²) in [5, 5.41) is 15.7. The Morgan fingerprint density at radius 3 is 2.32 bits per heavy atom. The molecule has 1 aliphatic heterocycles. The Morgan fingerprint density at radius 1 is 0.957 bits per heavy atom. The van der Waals surface area contributed by atoms with Crippen molar-refractivity contribution >= 4 is 23.3 Å². The minimum absolute atomic E-state index is 0.0913. The molecule has 0 bridgehead atoms. The van der Waals surface area contributed by atoms with Crippen LogP contribution in [0.1, 0.15) is 29.8 Å². The lowest BCUT2D eigenvalue weighted by molar-refractivity contribution is 0.0343. The zero-order valence-electron chi connectivity index (χ0n) is 27.2. The van der Waals surface area contributed by atoms with Crippen LogP contribution in [0.4, 0.5) is 16.2 Å². The molecule has 5 rings (SSSR count). The van der Waals surface area contributed by atoms with Crippen LogP contribution in [0.3, 0.4) is 0 Å². The van der Waals surface area contributed by atoms with Crippen LogP contribution >= 0.6 is 0 Å². The quantitative estimate of drug-likeness (QED) is 0.172. The predicted molar refractivity (Wildman–Crippen MR) is 183 cm³/mol. The molecule has 10 heteroatoms. The van der Waals surface area contributed by atoms with E-state index in [1.807, 2.05) is 75.5 Å². The minimum atomic E-state index is -0.483. The molecule has 0 spiro atoms. The van der Waals surface area contributed by atoms with Crippen molar-refractivity contribution in [3.8, 4) is 23.0 Å². The zero-order chi connectivity index (χ0) is 33.3. The molecule has 0 aliphatic carbocycles. The number of hydrogen-bond acceptors (Lipinski definition) is 7. The zero-order valence-corrected chi connectivity index (χ0v) is 27.2. The van der Waals surface area contributed by atoms with Crippen molar-refractivity contribution in [3.63, 3.8) is 0 Å². The van der Waals surface area contributed by atoms with E-state index < -0.39 is 12.1 Å². The summed E-state index contributed by atoms with van der Waals surface area (Å²) in [5.74, 6) is 2.15. The fourth-order valence-electron chi connectivity index (χ4n) is 5.49. The van der Waals surface area contributed by atoms with Gasteiger partial charge in [0, 0.05) is 31.2 Å². The average Bonchev–Trinajstić information content (AvgIpc) is 3.08. The van der Waals surface area contributed by atoms with Gasteiger partial charge in [0.15, 0.2) is 5.75 Å². The molecule has 0 radical (unpaired) electrons. The van der Waals surface area contributed by atoms with Crippen LogP contribution in [0, 0.1) is 5.92 Å². The van der Waals surface area contributed by atoms with E-state index in [-0.39, 0.29) is 24.5 Å². The average molecular weight is 639 g/mol. The summed E-state index contributed by atoms with van der Waals surface area (Å²) in [7, 11) is 3.60. The van der Waals surface area contributed by atoms with Crippen LogP contribution in [0.15, 0.2) is 97.1 Å². The second-order valence-electron chi connectivity index (χ2n) is 11.9. The maximum absolute atomic E-state index is 13.8. The van der Waals surface area contributed by atoms with Gasteiger partial charge < -0.3 is 34.9 Å². The number of hydrogen-bond donors (Lipinski definition) is 3. The largest absolute Gasteiger partial charge is 0.497 e. The molecule has 4 aromatic rings. The maximum atomic E-state index is 13.8. The molecule has 47 heavy (non-hydrogen) atoms. The summed E-state index contributed by atoms with van der Waals surface area (Å²) in [6.07, 6.45) is -0.339. The topological polar surface area (TPSA) is 113 Å². The second kappa shape index (κ2) is 15.5. The van der Waals surface area contributed by atoms with Gasteiger partial charge in [0.05, 0.1) is 31.0 Å². The van der Waals surface area contributed by atoms with Gasteiger partial charge in [-0.1, -0.05) is 43.3 Å². The number of rotatable bonds is 11. The first-order valence-electron chi connectivity index (χ1n) is 15.7. The van der Waals surface area contributed by atoms with E-state index >= 15 is 0 Å². The number of aliphatic hydroxyl groups excluding tert-OH is 1. The molecule has 0 fully saturated rings. The van der Waals surface area contributed by atoms with Gasteiger partial charge in [0.1, 0.15) is 23.4 Å². The molecular formula is C37H42N4O6. The summed E-state index contributed by atoms with van der Waals surface area (Å²) in [5.41, 5.74) is 2.38. The van der Waals surface area contributed by atoms with Crippen molar-refractivity contribution < 1.29 is 28.9 Å². The molecule has 3 N–H and O–H groups in total. The molecule has 10 nitrogen and oxygen atoms in total. The van der Waals surface area contributed by atoms with Crippen LogP contribution in [0.2, 0.25) is 0 Å². The molecule has 0 saturated heterocycles. The number of urea groups is 1. The van der Waals surface area contributed by atoms with Crippen molar-refractivity contribution in [2.75, 3.05) is 44.5 Å². The molecule has 3 amide bonds. The summed E-state index contributed by atoms with van der Waals surface area (Å²) >= 11 is 0. The van der Waals surface area contributed by atoms with E-state index in [2.05, 4.69) is 15.5 Å². The minimum Gasteiger partial charge on any atom is -0.497 e. The Bertz CT molecular complexity index is 1630. The van der Waals surface area contributed by atoms with Gasteiger partial charge in [-0.2, -0.15) is 0 Å². The van der Waals surface area contributed by atoms with Crippen LogP contribution in [0.5, 0.6) is 23.0 Å². The van der Waals surface area contributed by atoms with Gasteiger partial charge in [-0.3, -0.25) is 9.69 Å². The van der Waals surface area contributed by atoms with Crippen LogP contribution in [0.25, 0.3) is 0 Å². The third kappa shape index (κ3) is 8.60. The third-order valence-corrected chi connectivity index (χ3v) is 8.13. The first-order valence-corrected chi connectivity index (χ1v) is 15.7. The Labute approximate surface area is 275 Å². The molecule has 246 valence electrons. The van der Waals surface area contributed by atoms with E-state index in [4.69, 9.17) is 14.2 Å². The van der Waals surface area contributed by atoms with Gasteiger partial charge in [-0.05, 0) is 80.2 Å². The van der Waals surface area contributed by atoms with Crippen molar-refractivity contribution in [2.24, 2.45) is 5.92 Å². The molecule has 0 unspecified atom stereocenters. The summed E-state index contributed by atoms with van der Waals surface area (Å²) in [6.45, 7) is 5.29. The fourth-order valence-corrected chi connectivity index (χ4v) is 5.49. The molecule has 0 saturated carbocycles. The monoisotopic (exact) mass is 638 g/mol. The number of carbonyl (C=O) groups is 2. The number of anilines is 2. The highest BCUT2D eigenvalue weighted by Gasteiger charge is 2.34. The van der Waals surface area contributed by atoms with E-state index in [1.165, 1.54) is 0 Å². The number of para-hydroxylation sites is 2. The number of methoxy groups -OCH3 is 1. The van der Waals surface area contributed by atoms with Crippen molar-refractivity contribution in [2.45, 2.75) is 32.5 Å². The van der Waals surface area contributed by atoms with E-state index in [1.54, 1.807) is 54.5 Å². The van der Waals surface area contributed by atoms with Crippen molar-refractivity contribution in [1.82, 2.24) is 9.80 Å². The third-order valence-electron chi connectivity index (χ3n) is 8.13. The molecule has 3 atom stereocenters. The first kappa shape index (κ1) is 33.3. The summed E-state index contributed by atoms with van der Waals surface area (Å²) < 4.78 is 17.8. The van der Waals surface area contributed by atoms with Crippen molar-refractivity contribution in [1.29, 1.82) is 0 Å². The number of amides is 3. The van der Waals surface area contributed by atoms with Crippen molar-refractivity contribution in [3.05, 3.63) is 108 Å². The standard InChI is InChI=1S/C37H42N4O6/c1-25-21-41(26(2)24-42)36(43)32-11-8-12-33(39-37(44)38-28-15-19-29(45-4)20-16-28)35(32)47-34(25)23-40(3)22-27-13-17-31(18-14-27)46-30-9-6-5-7-10-30/h5-20,25-26,34,42H,21-24H2,1-4H3,(H2,38,39,44)/t25-,26-,34-/m1/s1. The highest BCUT2D eigenvalue weighted by molar-refractivity contribution is 6.04. The summed E-state index contributed by atoms with van der Waals surface area (Å²) in [6, 6.07) is 28.9. The van der Waals surface area contributed by atoms with Gasteiger partial charge >= 0.3 is 6.03 Å². The molecular weight excluding hydrogens is 596 g/mol. The number of nitrogens with one attached hydrogen (secondary N) is 2. The van der Waals surface area contributed by atoms with Gasteiger partial charge in [-0.25, -0.2) is 4.79 Å². The predicted octanol–water partition coefficient (Wildman–Crippen LogP) is 6.48. The lowest BCUT2D eigenvalue weighted by atomic mass is 9.99. The first-order chi connectivity index (χ1) is 22.7. The van der Waals surface area contributed by atoms with E-state index in [9.17, 15) is 14.7 Å². The highest BCUT2D eigenvalue weighted by Crippen LogP contribution is 2.35. The molecule has 1 heterocycles. The number of aliphatic hydroxyl groups is 1. The number of nitrogens with zero attached hydrogens (tertiary/aromatic N) is 2. The highest BCUT2D eigenvalue weighted by atomic mass is 16.5. The number of fused-ring (bicyclic) bond motifs is 1. The normalized spacial score (nSPS) is 16.7. The number of carbonyl (C=O) groups excluding carboxylic acids is 2. The second-order valence-corrected chi connectivity index (χ2v) is 11.9. The van der Waals surface area contributed by atoms with Crippen LogP contribution < -0.4 is 24.8 Å². The summed E-state index contributed by atoms with van der Waals surface area (Å²) in [4.78, 5) is 30.7. The lowest BCUT2D eigenvalue weighted by Gasteiger charge is -2.38. The molecule has 1 aliphatic rings. The van der Waals surface area contributed by atoms with Gasteiger partial charge in [0.2, 0.25) is 0 Å². The molecule has 4 aromatic carbocycles. The molecule has 0 aromatic heterocycles. The number of likely N-dealkylation sites (N-methyl/N-ethyl adjacent to an activating group) is 1. The van der Waals surface area contributed by atoms with Crippen LogP contribution in [-0.4, -0.2) is 72.8 Å². The van der Waals surface area contributed by atoms with E-state index in [0.717, 1.165) is 17.1 Å². The lowest BCUT2D eigenvalue weighted by Crippen LogP contribution is -2.49. The SMILES string of the molecule is COc1ccc(NC(=O)Nc2cccc3c2O[C@H](CN(C)Cc2ccc(Oc4ccccc4)cc2)[C@H](C)CN([C@H](C)CO)C3=O)cc1.